The number of amides is 1. The molecule has 0 spiro atoms. The van der Waals surface area contributed by atoms with Crippen LogP contribution in [0.2, 0.25) is 5.02 Å². The Morgan fingerprint density at radius 2 is 1.79 bits per heavy atom. The lowest BCUT2D eigenvalue weighted by atomic mass is 10.1. The molecule has 0 fully saturated rings. The van der Waals surface area contributed by atoms with Crippen molar-refractivity contribution in [3.63, 3.8) is 0 Å². The van der Waals surface area contributed by atoms with Crippen LogP contribution in [0.5, 0.6) is 0 Å². The monoisotopic (exact) mass is 493 g/mol. The van der Waals surface area contributed by atoms with Crippen LogP contribution in [0.4, 0.5) is 8.78 Å². The number of hydrogen-bond acceptors (Lipinski definition) is 5. The molecule has 2 aromatic carbocycles. The summed E-state index contributed by atoms with van der Waals surface area (Å²) in [6.45, 7) is 0.397. The molecule has 1 amide bonds. The molecule has 0 radical (unpaired) electrons. The third-order valence-corrected chi connectivity index (χ3v) is 7.06. The maximum Gasteiger partial charge on any atom is 0.234 e. The summed E-state index contributed by atoms with van der Waals surface area (Å²) in [6.07, 6.45) is 1.40. The minimum Gasteiger partial charge on any atom is -0.351 e. The highest BCUT2D eigenvalue weighted by Gasteiger charge is 2.34. The van der Waals surface area contributed by atoms with Crippen LogP contribution < -0.4 is 5.32 Å². The van der Waals surface area contributed by atoms with Crippen LogP contribution in [0.3, 0.4) is 0 Å². The van der Waals surface area contributed by atoms with Crippen LogP contribution >= 0.6 is 11.6 Å². The van der Waals surface area contributed by atoms with Gasteiger partial charge in [0.15, 0.2) is 9.84 Å². The molecule has 0 aliphatic carbocycles. The van der Waals surface area contributed by atoms with E-state index in [-0.39, 0.29) is 35.1 Å². The van der Waals surface area contributed by atoms with E-state index in [4.69, 9.17) is 11.6 Å². The van der Waals surface area contributed by atoms with E-state index < -0.39 is 26.7 Å². The first kappa shape index (κ1) is 24.8. The van der Waals surface area contributed by atoms with Crippen molar-refractivity contribution in [2.45, 2.75) is 16.7 Å². The smallest absolute Gasteiger partial charge is 0.234 e. The predicted octanol–water partition coefficient (Wildman–Crippen LogP) is 3.75. The van der Waals surface area contributed by atoms with Crippen molar-refractivity contribution in [2.75, 3.05) is 20.6 Å². The summed E-state index contributed by atoms with van der Waals surface area (Å²) in [4.78, 5) is 17.7. The van der Waals surface area contributed by atoms with Crippen LogP contribution in [-0.2, 0) is 21.2 Å². The zero-order valence-electron chi connectivity index (χ0n) is 17.9. The number of rotatable bonds is 8. The van der Waals surface area contributed by atoms with Gasteiger partial charge in [-0.1, -0.05) is 17.7 Å². The van der Waals surface area contributed by atoms with Crippen LogP contribution in [0.1, 0.15) is 22.1 Å². The van der Waals surface area contributed by atoms with Gasteiger partial charge in [0.2, 0.25) is 5.91 Å². The first-order chi connectivity index (χ1) is 15.6. The summed E-state index contributed by atoms with van der Waals surface area (Å²) in [5, 5.41) is 1.47. The second-order valence-electron chi connectivity index (χ2n) is 7.65. The van der Waals surface area contributed by atoms with Gasteiger partial charge >= 0.3 is 0 Å². The molecule has 0 saturated heterocycles. The van der Waals surface area contributed by atoms with E-state index in [0.29, 0.717) is 10.6 Å². The highest BCUT2D eigenvalue weighted by atomic mass is 35.5. The minimum atomic E-state index is -4.22. The lowest BCUT2D eigenvalue weighted by molar-refractivity contribution is -0.121. The Balaban J connectivity index is 1.99. The number of carbonyl (C=O) groups excluding carboxylic acids is 1. The van der Waals surface area contributed by atoms with Crippen LogP contribution in [0.25, 0.3) is 0 Å². The maximum atomic E-state index is 14.7. The van der Waals surface area contributed by atoms with Gasteiger partial charge in [-0.05, 0) is 68.2 Å². The molecule has 6 nitrogen and oxygen atoms in total. The molecule has 0 aliphatic heterocycles. The van der Waals surface area contributed by atoms with Gasteiger partial charge in [0.25, 0.3) is 0 Å². The fourth-order valence-electron chi connectivity index (χ4n) is 3.20. The van der Waals surface area contributed by atoms with Gasteiger partial charge in [-0.25, -0.2) is 17.2 Å². The van der Waals surface area contributed by atoms with Crippen LogP contribution in [0, 0.1) is 11.6 Å². The van der Waals surface area contributed by atoms with Crippen LogP contribution in [0.15, 0.2) is 65.7 Å². The topological polar surface area (TPSA) is 79.4 Å². The van der Waals surface area contributed by atoms with Crippen molar-refractivity contribution in [2.24, 2.45) is 0 Å². The first-order valence-corrected chi connectivity index (χ1v) is 11.8. The third-order valence-electron chi connectivity index (χ3n) is 4.76. The lowest BCUT2D eigenvalue weighted by Crippen LogP contribution is -2.32. The second-order valence-corrected chi connectivity index (χ2v) is 10.1. The van der Waals surface area contributed by atoms with Gasteiger partial charge in [-0.2, -0.15) is 0 Å². The van der Waals surface area contributed by atoms with Crippen molar-refractivity contribution in [1.82, 2.24) is 15.2 Å². The Kier molecular flexibility index (Phi) is 7.78. The van der Waals surface area contributed by atoms with Crippen LogP contribution in [-0.4, -0.2) is 44.8 Å². The Hall–Kier alpha value is -2.88. The molecule has 3 aromatic rings. The largest absolute Gasteiger partial charge is 0.351 e. The summed E-state index contributed by atoms with van der Waals surface area (Å²) < 4.78 is 55.6. The summed E-state index contributed by atoms with van der Waals surface area (Å²) in [7, 11) is -0.685. The number of pyridine rings is 1. The van der Waals surface area contributed by atoms with E-state index >= 15 is 0 Å². The van der Waals surface area contributed by atoms with Gasteiger partial charge in [0, 0.05) is 23.3 Å². The second kappa shape index (κ2) is 10.4. The molecule has 10 heteroatoms. The molecule has 33 heavy (non-hydrogen) atoms. The highest BCUT2D eigenvalue weighted by Crippen LogP contribution is 2.36. The number of carbonyl (C=O) groups is 1. The predicted molar refractivity (Wildman–Crippen MR) is 121 cm³/mol. The molecule has 174 valence electrons. The Labute approximate surface area is 196 Å². The Morgan fingerprint density at radius 1 is 1.09 bits per heavy atom. The number of sulfone groups is 1. The van der Waals surface area contributed by atoms with Crippen molar-refractivity contribution in [1.29, 1.82) is 0 Å². The summed E-state index contributed by atoms with van der Waals surface area (Å²) in [6, 6.07) is 11.1. The van der Waals surface area contributed by atoms with E-state index in [9.17, 15) is 22.0 Å². The molecule has 0 saturated carbocycles. The fourth-order valence-corrected chi connectivity index (χ4v) is 5.09. The Morgan fingerprint density at radius 3 is 2.39 bits per heavy atom. The molecule has 1 atom stereocenters. The lowest BCUT2D eigenvalue weighted by Gasteiger charge is -2.19. The van der Waals surface area contributed by atoms with E-state index in [1.807, 2.05) is 0 Å². The van der Waals surface area contributed by atoms with Gasteiger partial charge in [-0.15, -0.1) is 0 Å². The number of nitrogens with zero attached hydrogens (tertiary/aromatic N) is 2. The van der Waals surface area contributed by atoms with Crippen molar-refractivity contribution < 1.29 is 22.0 Å². The number of likely N-dealkylation sites (N-methyl/N-ethyl adjacent to an activating group) is 1. The summed E-state index contributed by atoms with van der Waals surface area (Å²) >= 11 is 5.87. The molecule has 1 heterocycles. The van der Waals surface area contributed by atoms with Crippen molar-refractivity contribution in [3.05, 3.63) is 94.3 Å². The van der Waals surface area contributed by atoms with E-state index in [0.717, 1.165) is 18.2 Å². The maximum absolute atomic E-state index is 14.7. The zero-order chi connectivity index (χ0) is 24.2. The molecular weight excluding hydrogens is 472 g/mol. The van der Waals surface area contributed by atoms with Crippen molar-refractivity contribution >= 4 is 27.3 Å². The molecule has 1 unspecified atom stereocenters. The summed E-state index contributed by atoms with van der Waals surface area (Å²) in [5.74, 6) is -1.84. The quantitative estimate of drug-likeness (QED) is 0.517. The molecule has 0 aliphatic rings. The first-order valence-electron chi connectivity index (χ1n) is 9.88. The van der Waals surface area contributed by atoms with E-state index in [2.05, 4.69) is 10.3 Å². The molecular formula is C23H22ClF2N3O3S. The number of benzene rings is 2. The molecule has 1 aromatic heterocycles. The van der Waals surface area contributed by atoms with Gasteiger partial charge in [0.05, 0.1) is 17.1 Å². The zero-order valence-corrected chi connectivity index (χ0v) is 19.5. The molecule has 1 N–H and O–H groups in total. The standard InChI is InChI=1S/C23H22ClF2N3O3S/c1-29(2)14-22(30)28-13-15-3-10-21(27-12-15)23(19-11-17(25)6-9-20(19)26)33(31,32)18-7-4-16(24)5-8-18/h3-12,23H,13-14H2,1-2H3,(H,28,30). The van der Waals surface area contributed by atoms with Gasteiger partial charge < -0.3 is 10.2 Å². The minimum absolute atomic E-state index is 0.0119. The normalized spacial score (nSPS) is 12.5. The molecule has 0 bridgehead atoms. The Bertz CT molecular complexity index is 1230. The number of nitrogens with one attached hydrogen (secondary N) is 1. The number of hydrogen-bond donors (Lipinski definition) is 1. The highest BCUT2D eigenvalue weighted by molar-refractivity contribution is 7.91. The van der Waals surface area contributed by atoms with E-state index in [1.54, 1.807) is 25.1 Å². The number of halogens is 3. The van der Waals surface area contributed by atoms with Gasteiger partial charge in [0.1, 0.15) is 16.9 Å². The third kappa shape index (κ3) is 6.13. The van der Waals surface area contributed by atoms with Crippen molar-refractivity contribution in [3.8, 4) is 0 Å². The average Bonchev–Trinajstić information content (AvgIpc) is 2.75. The number of aromatic nitrogens is 1. The fraction of sp³-hybridized carbons (Fsp3) is 0.217. The SMILES string of the molecule is CN(C)CC(=O)NCc1ccc(C(c2cc(F)ccc2F)S(=O)(=O)c2ccc(Cl)cc2)nc1. The summed E-state index contributed by atoms with van der Waals surface area (Å²) in [5.41, 5.74) is 0.274. The average molecular weight is 494 g/mol. The van der Waals surface area contributed by atoms with E-state index in [1.165, 1.54) is 36.5 Å². The van der Waals surface area contributed by atoms with Gasteiger partial charge in [-0.3, -0.25) is 9.78 Å². The molecule has 3 rings (SSSR count).